The van der Waals surface area contributed by atoms with Gasteiger partial charge in [-0.05, 0) is 87.4 Å². The Morgan fingerprint density at radius 3 is 2.57 bits per heavy atom. The van der Waals surface area contributed by atoms with Gasteiger partial charge in [-0.2, -0.15) is 0 Å². The molecule has 37 heavy (non-hydrogen) atoms. The first kappa shape index (κ1) is 25.7. The second-order valence-electron chi connectivity index (χ2n) is 9.71. The Morgan fingerprint density at radius 2 is 1.86 bits per heavy atom. The smallest absolute Gasteiger partial charge is 0.174 e. The largest absolute Gasteiger partial charge is 0.494 e. The minimum Gasteiger partial charge on any atom is -0.494 e. The molecule has 0 spiro atoms. The molecule has 2 aliphatic heterocycles. The van der Waals surface area contributed by atoms with Crippen molar-refractivity contribution in [2.45, 2.75) is 45.8 Å². The van der Waals surface area contributed by atoms with E-state index >= 15 is 0 Å². The minimum absolute atomic E-state index is 0.0143. The van der Waals surface area contributed by atoms with E-state index in [2.05, 4.69) is 57.8 Å². The summed E-state index contributed by atoms with van der Waals surface area (Å²) in [6, 6.07) is 16.6. The number of rotatable bonds is 9. The zero-order chi connectivity index (χ0) is 25.8. The van der Waals surface area contributed by atoms with Crippen molar-refractivity contribution in [3.63, 3.8) is 0 Å². The number of pyridine rings is 1. The van der Waals surface area contributed by atoms with Crippen molar-refractivity contribution < 1.29 is 9.47 Å². The van der Waals surface area contributed by atoms with Crippen LogP contribution in [0.2, 0.25) is 0 Å². The van der Waals surface area contributed by atoms with Crippen molar-refractivity contribution in [2.75, 3.05) is 44.4 Å². The van der Waals surface area contributed by atoms with Crippen LogP contribution >= 0.6 is 12.2 Å². The van der Waals surface area contributed by atoms with Crippen LogP contribution in [0.15, 0.2) is 54.7 Å². The second-order valence-corrected chi connectivity index (χ2v) is 10.1. The monoisotopic (exact) mass is 519 g/mol. The molecule has 0 bridgehead atoms. The molecule has 8 heteroatoms. The fraction of sp³-hybridized carbons (Fsp3) is 0.448. The highest BCUT2D eigenvalue weighted by atomic mass is 32.1. The molecule has 2 aliphatic rings. The minimum atomic E-state index is -0.0532. The van der Waals surface area contributed by atoms with Crippen LogP contribution in [0.4, 0.5) is 5.69 Å². The van der Waals surface area contributed by atoms with Gasteiger partial charge in [0.2, 0.25) is 0 Å². The van der Waals surface area contributed by atoms with E-state index in [1.807, 2.05) is 37.4 Å². The summed E-state index contributed by atoms with van der Waals surface area (Å²) in [5.41, 5.74) is 5.87. The number of nitrogens with one attached hydrogen (secondary N) is 1. The van der Waals surface area contributed by atoms with Gasteiger partial charge in [-0.3, -0.25) is 9.88 Å². The summed E-state index contributed by atoms with van der Waals surface area (Å²) in [5, 5.41) is 4.30. The Balaban J connectivity index is 1.45. The summed E-state index contributed by atoms with van der Waals surface area (Å²) in [4.78, 5) is 9.45. The van der Waals surface area contributed by atoms with Crippen molar-refractivity contribution in [3.8, 4) is 5.75 Å². The lowest BCUT2D eigenvalue weighted by molar-refractivity contribution is 0.0369. The van der Waals surface area contributed by atoms with Gasteiger partial charge in [0.25, 0.3) is 0 Å². The van der Waals surface area contributed by atoms with Gasteiger partial charge in [-0.25, -0.2) is 0 Å². The molecule has 0 amide bonds. The Bertz CT molecular complexity index is 1190. The van der Waals surface area contributed by atoms with Gasteiger partial charge in [0.1, 0.15) is 5.75 Å². The summed E-state index contributed by atoms with van der Waals surface area (Å²) >= 11 is 5.92. The summed E-state index contributed by atoms with van der Waals surface area (Å²) in [6.07, 6.45) is 2.97. The van der Waals surface area contributed by atoms with Crippen LogP contribution in [0, 0.1) is 13.8 Å². The first-order valence-electron chi connectivity index (χ1n) is 13.3. The lowest BCUT2D eigenvalue weighted by Crippen LogP contribution is -2.37. The molecule has 0 aliphatic carbocycles. The number of aryl methyl sites for hydroxylation is 1. The molecule has 0 saturated carbocycles. The summed E-state index contributed by atoms with van der Waals surface area (Å²) in [5.74, 6) is 0.862. The number of ether oxygens (including phenoxy) is 2. The third kappa shape index (κ3) is 5.51. The fourth-order valence-electron chi connectivity index (χ4n) is 5.57. The lowest BCUT2D eigenvalue weighted by Gasteiger charge is -2.28. The Labute approximate surface area is 225 Å². The van der Waals surface area contributed by atoms with Crippen LogP contribution in [0.25, 0.3) is 0 Å². The molecule has 2 unspecified atom stereocenters. The Hall–Kier alpha value is -2.94. The van der Waals surface area contributed by atoms with Crippen molar-refractivity contribution >= 4 is 23.0 Å². The van der Waals surface area contributed by atoms with E-state index in [0.717, 1.165) is 62.9 Å². The molecule has 1 aromatic carbocycles. The molecular formula is C29H37N5O2S. The van der Waals surface area contributed by atoms with Gasteiger partial charge in [0.05, 0.1) is 37.6 Å². The molecular weight excluding hydrogens is 482 g/mol. The molecule has 4 heterocycles. The predicted molar refractivity (Wildman–Crippen MR) is 151 cm³/mol. The van der Waals surface area contributed by atoms with Crippen molar-refractivity contribution in [3.05, 3.63) is 77.4 Å². The van der Waals surface area contributed by atoms with Gasteiger partial charge in [0.15, 0.2) is 5.11 Å². The van der Waals surface area contributed by atoms with Crippen LogP contribution in [-0.2, 0) is 11.3 Å². The maximum Gasteiger partial charge on any atom is 0.174 e. The van der Waals surface area contributed by atoms with E-state index in [0.29, 0.717) is 11.7 Å². The van der Waals surface area contributed by atoms with Crippen LogP contribution in [0.3, 0.4) is 0 Å². The molecule has 2 aromatic heterocycles. The number of nitrogens with zero attached hydrogens (tertiary/aromatic N) is 4. The molecule has 2 atom stereocenters. The number of benzene rings is 1. The normalized spacial score (nSPS) is 20.3. The van der Waals surface area contributed by atoms with Gasteiger partial charge >= 0.3 is 0 Å². The first-order valence-corrected chi connectivity index (χ1v) is 13.7. The number of morpholine rings is 1. The standard InChI is InChI=1S/C29H37N5O2S/c1-4-36-24-11-9-23(10-12-24)34-28(27(31-29(34)37)26-8-5-6-13-30-26)25-20-21(2)33(22(25)3)15-7-14-32-16-18-35-19-17-32/h5-6,8-13,20,27-28H,4,7,14-19H2,1-3H3,(H,31,37). The third-order valence-electron chi connectivity index (χ3n) is 7.42. The number of hydrogen-bond acceptors (Lipinski definition) is 5. The lowest BCUT2D eigenvalue weighted by atomic mass is 9.96. The highest BCUT2D eigenvalue weighted by molar-refractivity contribution is 7.80. The quantitative estimate of drug-likeness (QED) is 0.408. The van der Waals surface area contributed by atoms with Crippen molar-refractivity contribution in [2.24, 2.45) is 0 Å². The maximum atomic E-state index is 5.92. The van der Waals surface area contributed by atoms with Gasteiger partial charge < -0.3 is 24.3 Å². The number of anilines is 1. The highest BCUT2D eigenvalue weighted by Crippen LogP contribution is 2.43. The predicted octanol–water partition coefficient (Wildman–Crippen LogP) is 4.80. The average molecular weight is 520 g/mol. The number of hydrogen-bond donors (Lipinski definition) is 1. The van der Waals surface area contributed by atoms with Crippen molar-refractivity contribution in [1.82, 2.24) is 19.8 Å². The van der Waals surface area contributed by atoms with Crippen LogP contribution in [0.1, 0.15) is 48.1 Å². The molecule has 196 valence electrons. The van der Waals surface area contributed by atoms with E-state index in [1.54, 1.807) is 0 Å². The van der Waals surface area contributed by atoms with Crippen LogP contribution < -0.4 is 15.0 Å². The van der Waals surface area contributed by atoms with Gasteiger partial charge in [0, 0.05) is 49.5 Å². The van der Waals surface area contributed by atoms with E-state index in [-0.39, 0.29) is 12.1 Å². The maximum absolute atomic E-state index is 5.92. The van der Waals surface area contributed by atoms with Crippen molar-refractivity contribution in [1.29, 1.82) is 0 Å². The van der Waals surface area contributed by atoms with E-state index in [4.69, 9.17) is 26.7 Å². The van der Waals surface area contributed by atoms with Gasteiger partial charge in [-0.15, -0.1) is 0 Å². The van der Waals surface area contributed by atoms with E-state index in [1.165, 1.54) is 17.0 Å². The summed E-state index contributed by atoms with van der Waals surface area (Å²) in [6.45, 7) is 12.9. The molecule has 2 fully saturated rings. The van der Waals surface area contributed by atoms with Crippen LogP contribution in [0.5, 0.6) is 5.75 Å². The zero-order valence-corrected chi connectivity index (χ0v) is 22.8. The third-order valence-corrected chi connectivity index (χ3v) is 7.73. The molecule has 2 saturated heterocycles. The molecule has 5 rings (SSSR count). The highest BCUT2D eigenvalue weighted by Gasteiger charge is 2.42. The molecule has 7 nitrogen and oxygen atoms in total. The Kier molecular flexibility index (Phi) is 8.08. The summed E-state index contributed by atoms with van der Waals surface area (Å²) in [7, 11) is 0. The molecule has 1 N–H and O–H groups in total. The SMILES string of the molecule is CCOc1ccc(N2C(=S)NC(c3ccccn3)C2c2cc(C)n(CCCN3CCOCC3)c2C)cc1. The number of thiocarbonyl (C=S) groups is 1. The van der Waals surface area contributed by atoms with E-state index in [9.17, 15) is 0 Å². The zero-order valence-electron chi connectivity index (χ0n) is 22.0. The second kappa shape index (κ2) is 11.6. The van der Waals surface area contributed by atoms with E-state index < -0.39 is 0 Å². The van der Waals surface area contributed by atoms with Gasteiger partial charge in [-0.1, -0.05) is 6.07 Å². The Morgan fingerprint density at radius 1 is 1.08 bits per heavy atom. The van der Waals surface area contributed by atoms with Crippen LogP contribution in [-0.4, -0.2) is 59.0 Å². The average Bonchev–Trinajstić information content (AvgIpc) is 3.41. The molecule has 3 aromatic rings. The molecule has 0 radical (unpaired) electrons. The number of aromatic nitrogens is 2. The first-order chi connectivity index (χ1) is 18.1. The fourth-order valence-corrected chi connectivity index (χ4v) is 5.91. The topological polar surface area (TPSA) is 54.8 Å². The summed E-state index contributed by atoms with van der Waals surface area (Å²) < 4.78 is 13.6.